The van der Waals surface area contributed by atoms with Crippen LogP contribution in [0.3, 0.4) is 0 Å². The van der Waals surface area contributed by atoms with E-state index in [2.05, 4.69) is 6.07 Å². The molecule has 0 aliphatic heterocycles. The largest absolute Gasteiger partial charge is 0.214 e. The van der Waals surface area contributed by atoms with E-state index in [9.17, 15) is 8.42 Å². The van der Waals surface area contributed by atoms with Gasteiger partial charge in [-0.2, -0.15) is 9.57 Å². The van der Waals surface area contributed by atoms with E-state index in [0.29, 0.717) is 18.0 Å². The first-order valence-corrected chi connectivity index (χ1v) is 8.60. The van der Waals surface area contributed by atoms with Crippen LogP contribution in [0.1, 0.15) is 25.0 Å². The molecule has 0 fully saturated rings. The summed E-state index contributed by atoms with van der Waals surface area (Å²) in [4.78, 5) is 0. The second-order valence-electron chi connectivity index (χ2n) is 4.73. The van der Waals surface area contributed by atoms with Gasteiger partial charge in [0.15, 0.2) is 0 Å². The summed E-state index contributed by atoms with van der Waals surface area (Å²) < 4.78 is 26.0. The van der Waals surface area contributed by atoms with Crippen molar-refractivity contribution in [1.29, 1.82) is 5.26 Å². The molecule has 0 spiro atoms. The number of nitriles is 1. The predicted octanol–water partition coefficient (Wildman–Crippen LogP) is 2.58. The second-order valence-corrected chi connectivity index (χ2v) is 7.06. The Morgan fingerprint density at radius 2 is 2.05 bits per heavy atom. The SMILES string of the molecule is CCN(Cc1ccccc1C#N)S(=O)(=O)CC(C)CCl. The van der Waals surface area contributed by atoms with Crippen molar-refractivity contribution in [2.45, 2.75) is 20.4 Å². The lowest BCUT2D eigenvalue weighted by Crippen LogP contribution is -2.34. The van der Waals surface area contributed by atoms with Crippen LogP contribution in [0.4, 0.5) is 0 Å². The van der Waals surface area contributed by atoms with E-state index in [0.717, 1.165) is 5.56 Å². The summed E-state index contributed by atoms with van der Waals surface area (Å²) in [5.74, 6) is 0.242. The third-order valence-electron chi connectivity index (χ3n) is 2.99. The van der Waals surface area contributed by atoms with Crippen molar-refractivity contribution in [1.82, 2.24) is 4.31 Å². The van der Waals surface area contributed by atoms with Gasteiger partial charge in [-0.3, -0.25) is 0 Å². The maximum Gasteiger partial charge on any atom is 0.214 e. The minimum absolute atomic E-state index is 0.0268. The van der Waals surface area contributed by atoms with Gasteiger partial charge in [0.2, 0.25) is 10.0 Å². The smallest absolute Gasteiger partial charge is 0.212 e. The lowest BCUT2D eigenvalue weighted by Gasteiger charge is -2.22. The second kappa shape index (κ2) is 7.63. The number of hydrogen-bond acceptors (Lipinski definition) is 3. The van der Waals surface area contributed by atoms with Crippen LogP contribution in [-0.4, -0.2) is 30.9 Å². The van der Waals surface area contributed by atoms with Gasteiger partial charge in [-0.25, -0.2) is 8.42 Å². The molecule has 0 heterocycles. The molecule has 0 aromatic heterocycles. The number of nitrogens with zero attached hydrogens (tertiary/aromatic N) is 2. The van der Waals surface area contributed by atoms with Crippen LogP contribution in [0.5, 0.6) is 0 Å². The fraction of sp³-hybridized carbons (Fsp3) is 0.500. The molecule has 0 amide bonds. The predicted molar refractivity (Wildman–Crippen MR) is 80.9 cm³/mol. The van der Waals surface area contributed by atoms with Crippen molar-refractivity contribution in [3.8, 4) is 6.07 Å². The molecule has 0 radical (unpaired) electrons. The Labute approximate surface area is 126 Å². The monoisotopic (exact) mass is 314 g/mol. The molecule has 6 heteroatoms. The minimum Gasteiger partial charge on any atom is -0.212 e. The zero-order valence-corrected chi connectivity index (χ0v) is 13.3. The molecule has 1 aromatic rings. The highest BCUT2D eigenvalue weighted by atomic mass is 35.5. The van der Waals surface area contributed by atoms with Gasteiger partial charge in [0.05, 0.1) is 17.4 Å². The van der Waals surface area contributed by atoms with Gasteiger partial charge in [0.25, 0.3) is 0 Å². The first kappa shape index (κ1) is 17.0. The van der Waals surface area contributed by atoms with Crippen LogP contribution in [0.2, 0.25) is 0 Å². The Bertz CT molecular complexity index is 581. The number of rotatable bonds is 7. The van der Waals surface area contributed by atoms with Gasteiger partial charge >= 0.3 is 0 Å². The minimum atomic E-state index is -3.37. The lowest BCUT2D eigenvalue weighted by molar-refractivity contribution is 0.418. The van der Waals surface area contributed by atoms with Gasteiger partial charge in [-0.05, 0) is 17.5 Å². The van der Waals surface area contributed by atoms with Crippen molar-refractivity contribution in [3.63, 3.8) is 0 Å². The molecule has 0 aliphatic carbocycles. The molecule has 0 N–H and O–H groups in total. The molecule has 1 unspecified atom stereocenters. The molecule has 1 aromatic carbocycles. The number of halogens is 1. The standard InChI is InChI=1S/C14H19ClN2O2S/c1-3-17(20(18,19)11-12(2)8-15)10-14-7-5-4-6-13(14)9-16/h4-7,12H,3,8,10-11H2,1-2H3. The highest BCUT2D eigenvalue weighted by molar-refractivity contribution is 7.89. The van der Waals surface area contributed by atoms with Crippen LogP contribution < -0.4 is 0 Å². The number of sulfonamides is 1. The third-order valence-corrected chi connectivity index (χ3v) is 5.68. The molecule has 110 valence electrons. The first-order chi connectivity index (χ1) is 9.44. The van der Waals surface area contributed by atoms with Crippen LogP contribution >= 0.6 is 11.6 Å². The van der Waals surface area contributed by atoms with Crippen molar-refractivity contribution in [3.05, 3.63) is 35.4 Å². The molecule has 0 saturated carbocycles. The van der Waals surface area contributed by atoms with Crippen LogP contribution in [-0.2, 0) is 16.6 Å². The topological polar surface area (TPSA) is 61.2 Å². The zero-order chi connectivity index (χ0) is 15.2. The van der Waals surface area contributed by atoms with E-state index in [1.807, 2.05) is 6.92 Å². The quantitative estimate of drug-likeness (QED) is 0.727. The lowest BCUT2D eigenvalue weighted by atomic mass is 10.1. The van der Waals surface area contributed by atoms with Crippen molar-refractivity contribution < 1.29 is 8.42 Å². The summed E-state index contributed by atoms with van der Waals surface area (Å²) in [7, 11) is -3.37. The van der Waals surface area contributed by atoms with Gasteiger partial charge in [-0.1, -0.05) is 32.0 Å². The van der Waals surface area contributed by atoms with E-state index in [-0.39, 0.29) is 18.2 Å². The highest BCUT2D eigenvalue weighted by Crippen LogP contribution is 2.15. The number of benzene rings is 1. The van der Waals surface area contributed by atoms with E-state index in [1.54, 1.807) is 31.2 Å². The first-order valence-electron chi connectivity index (χ1n) is 6.46. The van der Waals surface area contributed by atoms with E-state index >= 15 is 0 Å². The molecule has 0 bridgehead atoms. The summed E-state index contributed by atoms with van der Waals surface area (Å²) in [6.07, 6.45) is 0. The highest BCUT2D eigenvalue weighted by Gasteiger charge is 2.23. The molecule has 0 saturated heterocycles. The Hall–Kier alpha value is -1.09. The fourth-order valence-electron chi connectivity index (χ4n) is 1.87. The summed E-state index contributed by atoms with van der Waals surface area (Å²) in [5, 5.41) is 9.05. The molecule has 1 rings (SSSR count). The molecule has 1 atom stereocenters. The molecule has 20 heavy (non-hydrogen) atoms. The Morgan fingerprint density at radius 3 is 2.60 bits per heavy atom. The van der Waals surface area contributed by atoms with E-state index in [1.165, 1.54) is 4.31 Å². The molecule has 0 aliphatic rings. The average molecular weight is 315 g/mol. The van der Waals surface area contributed by atoms with E-state index in [4.69, 9.17) is 16.9 Å². The van der Waals surface area contributed by atoms with Crippen molar-refractivity contribution in [2.24, 2.45) is 5.92 Å². The fourth-order valence-corrected chi connectivity index (χ4v) is 3.89. The van der Waals surface area contributed by atoms with Gasteiger partial charge in [-0.15, -0.1) is 11.6 Å². The molecular formula is C14H19ClN2O2S. The maximum atomic E-state index is 12.3. The van der Waals surface area contributed by atoms with E-state index < -0.39 is 10.0 Å². The van der Waals surface area contributed by atoms with Crippen LogP contribution in [0.15, 0.2) is 24.3 Å². The van der Waals surface area contributed by atoms with Crippen LogP contribution in [0.25, 0.3) is 0 Å². The average Bonchev–Trinajstić information content (AvgIpc) is 2.44. The summed E-state index contributed by atoms with van der Waals surface area (Å²) in [6.45, 7) is 4.19. The third kappa shape index (κ3) is 4.48. The van der Waals surface area contributed by atoms with Crippen LogP contribution in [0, 0.1) is 17.2 Å². The summed E-state index contributed by atoms with van der Waals surface area (Å²) >= 11 is 5.69. The summed E-state index contributed by atoms with van der Waals surface area (Å²) in [5.41, 5.74) is 1.23. The molecular weight excluding hydrogens is 296 g/mol. The van der Waals surface area contributed by atoms with Crippen molar-refractivity contribution >= 4 is 21.6 Å². The normalized spacial score (nSPS) is 13.2. The van der Waals surface area contributed by atoms with Gasteiger partial charge in [0.1, 0.15) is 0 Å². The van der Waals surface area contributed by atoms with Crippen molar-refractivity contribution in [2.75, 3.05) is 18.2 Å². The zero-order valence-electron chi connectivity index (χ0n) is 11.7. The Kier molecular flexibility index (Phi) is 6.47. The number of alkyl halides is 1. The Balaban J connectivity index is 2.95. The maximum absolute atomic E-state index is 12.3. The Morgan fingerprint density at radius 1 is 1.40 bits per heavy atom. The number of hydrogen-bond donors (Lipinski definition) is 0. The van der Waals surface area contributed by atoms with Gasteiger partial charge in [0, 0.05) is 19.0 Å². The summed E-state index contributed by atoms with van der Waals surface area (Å²) in [6, 6.07) is 9.13. The van der Waals surface area contributed by atoms with Gasteiger partial charge < -0.3 is 0 Å². The molecule has 4 nitrogen and oxygen atoms in total.